The van der Waals surface area contributed by atoms with Crippen LogP contribution in [0.15, 0.2) is 30.3 Å². The summed E-state index contributed by atoms with van der Waals surface area (Å²) in [7, 11) is 0. The maximum atomic E-state index is 10.6. The predicted octanol–water partition coefficient (Wildman–Crippen LogP) is 1.35. The molecule has 0 saturated carbocycles. The van der Waals surface area contributed by atoms with Crippen molar-refractivity contribution in [1.82, 2.24) is 5.32 Å². The summed E-state index contributed by atoms with van der Waals surface area (Å²) in [6.45, 7) is 2.93. The van der Waals surface area contributed by atoms with E-state index in [2.05, 4.69) is 30.6 Å². The number of hydrogen-bond donors (Lipinski definition) is 4. The maximum absolute atomic E-state index is 10.6. The molecule has 3 N–H and O–H groups in total. The summed E-state index contributed by atoms with van der Waals surface area (Å²) in [5.41, 5.74) is 6.17. The maximum Gasteiger partial charge on any atom is 0.214 e. The molecule has 2 radical (unpaired) electrons. The normalized spacial score (nSPS) is 10.6. The molecular formula is C17H24N2O4S3Y2-2. The first-order chi connectivity index (χ1) is 12.3. The summed E-state index contributed by atoms with van der Waals surface area (Å²) >= 11 is 8.85. The Bertz CT molecular complexity index is 540. The van der Waals surface area contributed by atoms with E-state index in [0.717, 1.165) is 5.75 Å². The van der Waals surface area contributed by atoms with Gasteiger partial charge in [-0.25, -0.2) is 12.6 Å². The van der Waals surface area contributed by atoms with Crippen LogP contribution in [0.4, 0.5) is 0 Å². The number of thioether (sulfide) groups is 1. The number of nitrogens with two attached hydrogens (primary N) is 1. The van der Waals surface area contributed by atoms with E-state index in [1.54, 1.807) is 19.5 Å². The van der Waals surface area contributed by atoms with E-state index in [1.807, 2.05) is 30.3 Å². The molecule has 0 heterocycles. The van der Waals surface area contributed by atoms with E-state index in [9.17, 15) is 19.2 Å². The van der Waals surface area contributed by atoms with Gasteiger partial charge in [0, 0.05) is 85.0 Å². The molecule has 152 valence electrons. The average molecular weight is 594 g/mol. The van der Waals surface area contributed by atoms with Crippen molar-refractivity contribution < 1.29 is 84.6 Å². The van der Waals surface area contributed by atoms with Crippen molar-refractivity contribution in [3.05, 3.63) is 35.9 Å². The Morgan fingerprint density at radius 1 is 1.07 bits per heavy atom. The second kappa shape index (κ2) is 26.0. The number of amides is 1. The molecule has 1 rings (SSSR count). The average Bonchev–Trinajstić information content (AvgIpc) is 2.65. The van der Waals surface area contributed by atoms with Crippen molar-refractivity contribution >= 4 is 60.6 Å². The SMILES string of the molecule is CC(=O)NC([C-]=O)CS.CC(=O)SCc1ccccc1.NC([C-]=O)CS.[Y].[Y]. The van der Waals surface area contributed by atoms with Gasteiger partial charge in [0.15, 0.2) is 5.12 Å². The molecule has 0 aromatic heterocycles. The summed E-state index contributed by atoms with van der Waals surface area (Å²) in [4.78, 5) is 40.1. The quantitative estimate of drug-likeness (QED) is 0.281. The number of rotatable bonds is 7. The molecule has 0 aliphatic heterocycles. The molecule has 6 nitrogen and oxygen atoms in total. The Kier molecular flexibility index (Phi) is 33.6. The molecule has 0 spiro atoms. The predicted molar refractivity (Wildman–Crippen MR) is 113 cm³/mol. The van der Waals surface area contributed by atoms with E-state index in [4.69, 9.17) is 5.73 Å². The van der Waals surface area contributed by atoms with Gasteiger partial charge in [-0.3, -0.25) is 9.59 Å². The van der Waals surface area contributed by atoms with Crippen molar-refractivity contribution in [3.8, 4) is 0 Å². The van der Waals surface area contributed by atoms with Gasteiger partial charge in [-0.15, -0.1) is 0 Å². The van der Waals surface area contributed by atoms with Crippen LogP contribution >= 0.6 is 37.0 Å². The minimum absolute atomic E-state index is 0. The standard InChI is InChI=1S/C9H10OS.C5H8NO2S.C3H6NOS.2Y/c1-8(10)11-7-9-5-3-2-4-6-9;1-4(8)6-5(2-7)3-9;4-3(1-5)2-6;;/h2-6H,7H2,1H3;5,9H,3H2,1H3,(H,6,8);3,6H,2,4H2;;/q;2*-1;;. The number of hydrogen-bond acceptors (Lipinski definition) is 8. The van der Waals surface area contributed by atoms with Crippen LogP contribution < -0.4 is 11.1 Å². The molecule has 11 heteroatoms. The Labute approximate surface area is 232 Å². The van der Waals surface area contributed by atoms with E-state index in [0.29, 0.717) is 11.5 Å². The molecule has 0 aliphatic carbocycles. The molecular weight excluding hydrogens is 570 g/mol. The van der Waals surface area contributed by atoms with Crippen molar-refractivity contribution in [3.63, 3.8) is 0 Å². The Hall–Kier alpha value is 0.918. The van der Waals surface area contributed by atoms with E-state index >= 15 is 0 Å². The summed E-state index contributed by atoms with van der Waals surface area (Å²) in [5.74, 6) is 1.22. The first-order valence-corrected chi connectivity index (χ1v) is 9.72. The fourth-order valence-corrected chi connectivity index (χ4v) is 1.96. The second-order valence-corrected chi connectivity index (χ2v) is 6.61. The van der Waals surface area contributed by atoms with Crippen LogP contribution in [-0.2, 0) is 90.3 Å². The van der Waals surface area contributed by atoms with Crippen LogP contribution in [0.25, 0.3) is 0 Å². The zero-order chi connectivity index (χ0) is 20.4. The largest absolute Gasteiger partial charge is 0.540 e. The molecule has 1 aromatic carbocycles. The molecule has 1 aromatic rings. The van der Waals surface area contributed by atoms with Gasteiger partial charge in [-0.1, -0.05) is 54.2 Å². The smallest absolute Gasteiger partial charge is 0.214 e. The zero-order valence-electron chi connectivity index (χ0n) is 15.8. The molecule has 0 saturated heterocycles. The van der Waals surface area contributed by atoms with Gasteiger partial charge in [0.2, 0.25) is 5.91 Å². The fourth-order valence-electron chi connectivity index (χ4n) is 1.15. The third-order valence-corrected chi connectivity index (χ3v) is 3.98. The summed E-state index contributed by atoms with van der Waals surface area (Å²) < 4.78 is 0. The Morgan fingerprint density at radius 3 is 1.86 bits per heavy atom. The third kappa shape index (κ3) is 26.9. The van der Waals surface area contributed by atoms with Crippen LogP contribution in [0.2, 0.25) is 0 Å². The van der Waals surface area contributed by atoms with Crippen molar-refractivity contribution in [1.29, 1.82) is 0 Å². The van der Waals surface area contributed by atoms with E-state index in [1.165, 1.54) is 24.2 Å². The number of benzene rings is 1. The Balaban J connectivity index is -0.000000155. The molecule has 0 aliphatic rings. The van der Waals surface area contributed by atoms with Crippen LogP contribution in [0.3, 0.4) is 0 Å². The second-order valence-electron chi connectivity index (χ2n) is 4.73. The number of carbonyl (C=O) groups excluding carboxylic acids is 4. The van der Waals surface area contributed by atoms with Gasteiger partial charge in [-0.05, 0) is 17.1 Å². The molecule has 0 bridgehead atoms. The first kappa shape index (κ1) is 36.3. The monoisotopic (exact) mass is 594 g/mol. The first-order valence-electron chi connectivity index (χ1n) is 7.47. The van der Waals surface area contributed by atoms with Crippen molar-refractivity contribution in [2.24, 2.45) is 5.73 Å². The van der Waals surface area contributed by atoms with Gasteiger partial charge in [-0.2, -0.15) is 25.3 Å². The molecule has 2 unspecified atom stereocenters. The van der Waals surface area contributed by atoms with Crippen molar-refractivity contribution in [2.45, 2.75) is 31.7 Å². The van der Waals surface area contributed by atoms with Crippen LogP contribution in [0.5, 0.6) is 0 Å². The van der Waals surface area contributed by atoms with Gasteiger partial charge in [0.1, 0.15) is 0 Å². The van der Waals surface area contributed by atoms with Crippen molar-refractivity contribution in [2.75, 3.05) is 11.5 Å². The molecule has 0 fully saturated rings. The minimum Gasteiger partial charge on any atom is -0.540 e. The number of nitrogens with one attached hydrogen (secondary N) is 1. The fraction of sp³-hybridized carbons (Fsp3) is 0.412. The third-order valence-electron chi connectivity index (χ3n) is 2.34. The van der Waals surface area contributed by atoms with Crippen LogP contribution in [0.1, 0.15) is 19.4 Å². The van der Waals surface area contributed by atoms with Gasteiger partial charge >= 0.3 is 0 Å². The summed E-state index contributed by atoms with van der Waals surface area (Å²) in [6.07, 6.45) is 3.19. The molecule has 28 heavy (non-hydrogen) atoms. The van der Waals surface area contributed by atoms with E-state index < -0.39 is 12.1 Å². The van der Waals surface area contributed by atoms with E-state index in [-0.39, 0.29) is 76.4 Å². The van der Waals surface area contributed by atoms with Crippen LogP contribution in [-0.4, -0.2) is 47.2 Å². The van der Waals surface area contributed by atoms with Gasteiger partial charge < -0.3 is 20.6 Å². The van der Waals surface area contributed by atoms with Gasteiger partial charge in [0.05, 0.1) is 0 Å². The van der Waals surface area contributed by atoms with Crippen LogP contribution in [0, 0.1) is 0 Å². The van der Waals surface area contributed by atoms with Gasteiger partial charge in [0.25, 0.3) is 0 Å². The molecule has 2 atom stereocenters. The number of carbonyl (C=O) groups is 2. The Morgan fingerprint density at radius 2 is 1.61 bits per heavy atom. The topological polar surface area (TPSA) is 106 Å². The zero-order valence-corrected chi connectivity index (χ0v) is 24.1. The minimum atomic E-state index is -0.564. The number of thiol groups is 2. The summed E-state index contributed by atoms with van der Waals surface area (Å²) in [6, 6.07) is 8.92. The summed E-state index contributed by atoms with van der Waals surface area (Å²) in [5, 5.41) is 2.52. The molecule has 1 amide bonds.